The second kappa shape index (κ2) is 6.31. The molecule has 1 aliphatic heterocycles. The fourth-order valence-electron chi connectivity index (χ4n) is 3.44. The van der Waals surface area contributed by atoms with E-state index in [1.807, 2.05) is 29.1 Å². The summed E-state index contributed by atoms with van der Waals surface area (Å²) < 4.78 is 15.1. The van der Waals surface area contributed by atoms with Crippen molar-refractivity contribution in [2.24, 2.45) is 0 Å². The molecule has 1 aliphatic rings. The highest BCUT2D eigenvalue weighted by atomic mass is 32.1. The Morgan fingerprint density at radius 3 is 2.92 bits per heavy atom. The first-order valence-corrected chi connectivity index (χ1v) is 9.33. The zero-order valence-electron chi connectivity index (χ0n) is 13.8. The lowest BCUT2D eigenvalue weighted by Crippen LogP contribution is -2.24. The molecule has 0 amide bonds. The zero-order valence-corrected chi connectivity index (χ0v) is 14.6. The van der Waals surface area contributed by atoms with Crippen LogP contribution in [0.25, 0.3) is 11.2 Å². The van der Waals surface area contributed by atoms with Crippen LogP contribution in [0.15, 0.2) is 48.0 Å². The summed E-state index contributed by atoms with van der Waals surface area (Å²) in [6.45, 7) is 1.46. The van der Waals surface area contributed by atoms with E-state index in [9.17, 15) is 4.39 Å². The Hall–Kier alpha value is -2.55. The summed E-state index contributed by atoms with van der Waals surface area (Å²) in [5.74, 6) is 0.806. The SMILES string of the molecule is Fc1ccc(C2NNCC2c2nc3c(cnn3Cc3cccs3)[nH]2)cc1. The number of aromatic nitrogens is 4. The standard InChI is InChI=1S/C18H17FN6S/c19-12-5-3-11(4-6-12)16-14(8-20-24-16)17-22-15-9-21-25(18(15)23-17)10-13-2-1-7-26-13/h1-7,9,14,16,20,24H,8,10H2,(H,22,23). The van der Waals surface area contributed by atoms with Gasteiger partial charge in [0.15, 0.2) is 5.65 Å². The minimum absolute atomic E-state index is 0.0320. The maximum absolute atomic E-state index is 13.2. The molecule has 1 aromatic carbocycles. The number of halogens is 1. The molecule has 6 nitrogen and oxygen atoms in total. The second-order valence-corrected chi connectivity index (χ2v) is 7.43. The van der Waals surface area contributed by atoms with E-state index in [0.717, 1.165) is 29.1 Å². The molecule has 1 saturated heterocycles. The normalized spacial score (nSPS) is 20.2. The van der Waals surface area contributed by atoms with Gasteiger partial charge in [0.2, 0.25) is 0 Å². The number of imidazole rings is 1. The molecular formula is C18H17FN6S. The van der Waals surface area contributed by atoms with Gasteiger partial charge in [-0.2, -0.15) is 5.10 Å². The molecule has 2 atom stereocenters. The predicted octanol–water partition coefficient (Wildman–Crippen LogP) is 2.94. The topological polar surface area (TPSA) is 70.6 Å². The molecule has 4 heterocycles. The van der Waals surface area contributed by atoms with Crippen LogP contribution in [-0.2, 0) is 6.54 Å². The zero-order chi connectivity index (χ0) is 17.5. The van der Waals surface area contributed by atoms with Crippen molar-refractivity contribution in [3.8, 4) is 0 Å². The Morgan fingerprint density at radius 2 is 2.12 bits per heavy atom. The lowest BCUT2D eigenvalue weighted by molar-refractivity contribution is 0.541. The Kier molecular flexibility index (Phi) is 3.81. The van der Waals surface area contributed by atoms with Crippen molar-refractivity contribution in [1.82, 2.24) is 30.6 Å². The van der Waals surface area contributed by atoms with Crippen LogP contribution in [0.1, 0.15) is 28.2 Å². The van der Waals surface area contributed by atoms with Gasteiger partial charge >= 0.3 is 0 Å². The molecule has 0 radical (unpaired) electrons. The summed E-state index contributed by atoms with van der Waals surface area (Å²) in [6.07, 6.45) is 1.82. The third-order valence-electron chi connectivity index (χ3n) is 4.75. The molecule has 4 aromatic rings. The van der Waals surface area contributed by atoms with E-state index >= 15 is 0 Å². The van der Waals surface area contributed by atoms with Crippen LogP contribution < -0.4 is 10.9 Å². The Balaban J connectivity index is 1.46. The van der Waals surface area contributed by atoms with Crippen LogP contribution in [0.3, 0.4) is 0 Å². The molecule has 0 bridgehead atoms. The van der Waals surface area contributed by atoms with E-state index in [4.69, 9.17) is 4.98 Å². The van der Waals surface area contributed by atoms with Crippen molar-refractivity contribution in [1.29, 1.82) is 0 Å². The summed E-state index contributed by atoms with van der Waals surface area (Å²) in [7, 11) is 0. The van der Waals surface area contributed by atoms with E-state index in [1.165, 1.54) is 17.0 Å². The van der Waals surface area contributed by atoms with Crippen LogP contribution in [-0.4, -0.2) is 26.3 Å². The van der Waals surface area contributed by atoms with E-state index in [2.05, 4.69) is 32.4 Å². The molecule has 8 heteroatoms. The molecule has 0 saturated carbocycles. The van der Waals surface area contributed by atoms with Gasteiger partial charge in [-0.25, -0.2) is 19.5 Å². The molecule has 2 unspecified atom stereocenters. The van der Waals surface area contributed by atoms with E-state index in [1.54, 1.807) is 11.3 Å². The van der Waals surface area contributed by atoms with Crippen molar-refractivity contribution in [3.05, 3.63) is 70.1 Å². The highest BCUT2D eigenvalue weighted by Crippen LogP contribution is 2.32. The van der Waals surface area contributed by atoms with E-state index in [0.29, 0.717) is 6.54 Å². The molecule has 3 N–H and O–H groups in total. The van der Waals surface area contributed by atoms with E-state index in [-0.39, 0.29) is 17.8 Å². The number of hydrogen-bond acceptors (Lipinski definition) is 5. The van der Waals surface area contributed by atoms with Gasteiger partial charge in [0.05, 0.1) is 24.7 Å². The number of thiophene rings is 1. The summed E-state index contributed by atoms with van der Waals surface area (Å²) in [6, 6.07) is 10.8. The fourth-order valence-corrected chi connectivity index (χ4v) is 4.13. The van der Waals surface area contributed by atoms with Gasteiger partial charge < -0.3 is 4.98 Å². The quantitative estimate of drug-likeness (QED) is 0.518. The molecule has 1 fully saturated rings. The van der Waals surface area contributed by atoms with Crippen molar-refractivity contribution in [3.63, 3.8) is 0 Å². The Bertz CT molecular complexity index is 1020. The molecule has 132 valence electrons. The van der Waals surface area contributed by atoms with Crippen LogP contribution in [0.5, 0.6) is 0 Å². The van der Waals surface area contributed by atoms with Crippen molar-refractivity contribution < 1.29 is 4.39 Å². The average Bonchev–Trinajstić information content (AvgIpc) is 3.41. The van der Waals surface area contributed by atoms with Crippen molar-refractivity contribution in [2.45, 2.75) is 18.5 Å². The number of aromatic amines is 1. The van der Waals surface area contributed by atoms with Crippen LogP contribution >= 0.6 is 11.3 Å². The number of H-pyrrole nitrogens is 1. The largest absolute Gasteiger partial charge is 0.339 e. The molecule has 26 heavy (non-hydrogen) atoms. The Labute approximate surface area is 153 Å². The summed E-state index contributed by atoms with van der Waals surface area (Å²) >= 11 is 1.71. The van der Waals surface area contributed by atoms with Gasteiger partial charge in [-0.1, -0.05) is 18.2 Å². The third-order valence-corrected chi connectivity index (χ3v) is 5.61. The Morgan fingerprint density at radius 1 is 1.23 bits per heavy atom. The van der Waals surface area contributed by atoms with Gasteiger partial charge in [0.1, 0.15) is 17.2 Å². The number of hydrogen-bond donors (Lipinski definition) is 3. The first-order chi connectivity index (χ1) is 12.8. The average molecular weight is 368 g/mol. The third kappa shape index (κ3) is 2.72. The van der Waals surface area contributed by atoms with Crippen molar-refractivity contribution >= 4 is 22.5 Å². The first-order valence-electron chi connectivity index (χ1n) is 8.45. The number of rotatable bonds is 4. The highest BCUT2D eigenvalue weighted by Gasteiger charge is 2.32. The lowest BCUT2D eigenvalue weighted by Gasteiger charge is -2.16. The molecule has 5 rings (SSSR count). The summed E-state index contributed by atoms with van der Waals surface area (Å²) in [4.78, 5) is 9.47. The van der Waals surface area contributed by atoms with Gasteiger partial charge in [-0.15, -0.1) is 11.3 Å². The minimum Gasteiger partial charge on any atom is -0.339 e. The smallest absolute Gasteiger partial charge is 0.176 e. The minimum atomic E-state index is -0.228. The van der Waals surface area contributed by atoms with E-state index < -0.39 is 0 Å². The highest BCUT2D eigenvalue weighted by molar-refractivity contribution is 7.09. The predicted molar refractivity (Wildman–Crippen MR) is 98.3 cm³/mol. The second-order valence-electron chi connectivity index (χ2n) is 6.40. The molecular weight excluding hydrogens is 351 g/mol. The van der Waals surface area contributed by atoms with Crippen LogP contribution in [0, 0.1) is 5.82 Å². The van der Waals surface area contributed by atoms with Crippen LogP contribution in [0.2, 0.25) is 0 Å². The van der Waals surface area contributed by atoms with Crippen LogP contribution in [0.4, 0.5) is 4.39 Å². The molecule has 0 aliphatic carbocycles. The van der Waals surface area contributed by atoms with Gasteiger partial charge in [-0.3, -0.25) is 5.43 Å². The number of benzene rings is 1. The maximum Gasteiger partial charge on any atom is 0.176 e. The summed E-state index contributed by atoms with van der Waals surface area (Å²) in [5, 5.41) is 6.51. The van der Waals surface area contributed by atoms with Crippen molar-refractivity contribution in [2.75, 3.05) is 6.54 Å². The summed E-state index contributed by atoms with van der Waals surface area (Å²) in [5.41, 5.74) is 9.29. The lowest BCUT2D eigenvalue weighted by atomic mass is 9.94. The maximum atomic E-state index is 13.2. The number of nitrogens with zero attached hydrogens (tertiary/aromatic N) is 3. The molecule has 0 spiro atoms. The fraction of sp³-hybridized carbons (Fsp3) is 0.222. The number of nitrogens with one attached hydrogen (secondary N) is 3. The van der Waals surface area contributed by atoms with Gasteiger partial charge in [-0.05, 0) is 29.1 Å². The molecule has 3 aromatic heterocycles. The first kappa shape index (κ1) is 15.7. The monoisotopic (exact) mass is 368 g/mol. The number of hydrazine groups is 1. The van der Waals surface area contributed by atoms with Gasteiger partial charge in [0, 0.05) is 11.4 Å². The van der Waals surface area contributed by atoms with Gasteiger partial charge in [0.25, 0.3) is 0 Å². The number of fused-ring (bicyclic) bond motifs is 1.